The van der Waals surface area contributed by atoms with E-state index in [4.69, 9.17) is 15.6 Å². The molecule has 3 N–H and O–H groups in total. The summed E-state index contributed by atoms with van der Waals surface area (Å²) >= 11 is 3.35. The smallest absolute Gasteiger partial charge is 0.125 e. The number of hydrogen-bond acceptors (Lipinski definition) is 3. The van der Waals surface area contributed by atoms with Crippen molar-refractivity contribution in [2.75, 3.05) is 13.2 Å². The van der Waals surface area contributed by atoms with Crippen LogP contribution in [0.25, 0.3) is 0 Å². The second-order valence-electron chi connectivity index (χ2n) is 3.04. The third kappa shape index (κ3) is 2.97. The van der Waals surface area contributed by atoms with Crippen LogP contribution < -0.4 is 10.5 Å². The number of hydrogen-bond donors (Lipinski definition) is 2. The van der Waals surface area contributed by atoms with E-state index in [0.717, 1.165) is 15.8 Å². The molecule has 0 aromatic heterocycles. The second-order valence-corrected chi connectivity index (χ2v) is 3.96. The second kappa shape index (κ2) is 5.34. The molecule has 4 heteroatoms. The van der Waals surface area contributed by atoms with Crippen molar-refractivity contribution in [2.24, 2.45) is 5.73 Å². The van der Waals surface area contributed by atoms with E-state index in [1.807, 2.05) is 25.1 Å². The number of aliphatic hydroxyl groups is 1. The molecule has 14 heavy (non-hydrogen) atoms. The van der Waals surface area contributed by atoms with Gasteiger partial charge in [0.15, 0.2) is 0 Å². The molecule has 0 heterocycles. The van der Waals surface area contributed by atoms with Gasteiger partial charge in [0.2, 0.25) is 0 Å². The Kier molecular flexibility index (Phi) is 4.38. The van der Waals surface area contributed by atoms with Gasteiger partial charge in [-0.1, -0.05) is 22.0 Å². The number of benzene rings is 1. The first kappa shape index (κ1) is 11.5. The van der Waals surface area contributed by atoms with Gasteiger partial charge in [-0.15, -0.1) is 0 Å². The van der Waals surface area contributed by atoms with Gasteiger partial charge in [-0.05, 0) is 19.1 Å². The molecule has 0 radical (unpaired) electrons. The lowest BCUT2D eigenvalue weighted by atomic mass is 10.1. The van der Waals surface area contributed by atoms with E-state index in [9.17, 15) is 0 Å². The zero-order valence-electron chi connectivity index (χ0n) is 8.03. The van der Waals surface area contributed by atoms with Crippen LogP contribution in [-0.4, -0.2) is 18.3 Å². The van der Waals surface area contributed by atoms with Crippen molar-refractivity contribution in [3.63, 3.8) is 0 Å². The van der Waals surface area contributed by atoms with Gasteiger partial charge in [0.25, 0.3) is 0 Å². The molecule has 0 aliphatic carbocycles. The van der Waals surface area contributed by atoms with Crippen molar-refractivity contribution < 1.29 is 9.84 Å². The van der Waals surface area contributed by atoms with Gasteiger partial charge < -0.3 is 15.6 Å². The van der Waals surface area contributed by atoms with Gasteiger partial charge in [-0.2, -0.15) is 0 Å². The molecular weight excluding hydrogens is 246 g/mol. The van der Waals surface area contributed by atoms with Crippen molar-refractivity contribution in [1.29, 1.82) is 0 Å². The molecule has 0 aliphatic rings. The van der Waals surface area contributed by atoms with Crippen LogP contribution in [0.15, 0.2) is 22.7 Å². The predicted molar refractivity (Wildman–Crippen MR) is 59.3 cm³/mol. The molecule has 0 saturated heterocycles. The number of rotatable bonds is 4. The van der Waals surface area contributed by atoms with Crippen LogP contribution in [0.4, 0.5) is 0 Å². The molecule has 1 aromatic rings. The lowest BCUT2D eigenvalue weighted by molar-refractivity contribution is 0.200. The van der Waals surface area contributed by atoms with E-state index in [1.54, 1.807) is 0 Å². The Balaban J connectivity index is 2.91. The third-order valence-corrected chi connectivity index (χ3v) is 2.31. The van der Waals surface area contributed by atoms with Gasteiger partial charge in [-0.3, -0.25) is 0 Å². The molecule has 1 aromatic carbocycles. The van der Waals surface area contributed by atoms with Crippen LogP contribution in [0.3, 0.4) is 0 Å². The van der Waals surface area contributed by atoms with E-state index in [2.05, 4.69) is 15.9 Å². The topological polar surface area (TPSA) is 55.5 Å². The zero-order valence-corrected chi connectivity index (χ0v) is 9.62. The SMILES string of the molecule is C[C@H](N)c1ccc(Br)cc1OCCO. The van der Waals surface area contributed by atoms with Crippen molar-refractivity contribution in [3.05, 3.63) is 28.2 Å². The Morgan fingerprint density at radius 3 is 2.86 bits per heavy atom. The minimum atomic E-state index is -0.0724. The normalized spacial score (nSPS) is 12.6. The zero-order chi connectivity index (χ0) is 10.6. The van der Waals surface area contributed by atoms with Crippen molar-refractivity contribution in [1.82, 2.24) is 0 Å². The Bertz CT molecular complexity index is 302. The fourth-order valence-electron chi connectivity index (χ4n) is 1.16. The first-order chi connectivity index (χ1) is 6.65. The molecular formula is C10H14BrNO2. The monoisotopic (exact) mass is 259 g/mol. The summed E-state index contributed by atoms with van der Waals surface area (Å²) in [5.74, 6) is 0.725. The molecule has 78 valence electrons. The summed E-state index contributed by atoms with van der Waals surface area (Å²) in [5.41, 5.74) is 6.72. The largest absolute Gasteiger partial charge is 0.491 e. The third-order valence-electron chi connectivity index (χ3n) is 1.82. The Morgan fingerprint density at radius 2 is 2.29 bits per heavy atom. The number of nitrogens with two attached hydrogens (primary N) is 1. The highest BCUT2D eigenvalue weighted by Crippen LogP contribution is 2.27. The molecule has 0 aliphatic heterocycles. The highest BCUT2D eigenvalue weighted by molar-refractivity contribution is 9.10. The van der Waals surface area contributed by atoms with Gasteiger partial charge in [0.1, 0.15) is 12.4 Å². The molecule has 0 spiro atoms. The summed E-state index contributed by atoms with van der Waals surface area (Å²) in [4.78, 5) is 0. The molecule has 1 rings (SSSR count). The fraction of sp³-hybridized carbons (Fsp3) is 0.400. The first-order valence-electron chi connectivity index (χ1n) is 4.44. The summed E-state index contributed by atoms with van der Waals surface area (Å²) in [6.07, 6.45) is 0. The van der Waals surface area contributed by atoms with E-state index in [0.29, 0.717) is 0 Å². The highest BCUT2D eigenvalue weighted by Gasteiger charge is 2.08. The summed E-state index contributed by atoms with van der Waals surface area (Å²) in [6.45, 7) is 2.19. The molecule has 0 saturated carbocycles. The molecule has 0 bridgehead atoms. The quantitative estimate of drug-likeness (QED) is 0.868. The maximum Gasteiger partial charge on any atom is 0.125 e. The maximum atomic E-state index is 8.66. The predicted octanol–water partition coefficient (Wildman–Crippen LogP) is 1.84. The maximum absolute atomic E-state index is 8.66. The van der Waals surface area contributed by atoms with E-state index >= 15 is 0 Å². The molecule has 3 nitrogen and oxygen atoms in total. The van der Waals surface area contributed by atoms with E-state index in [1.165, 1.54) is 0 Å². The summed E-state index contributed by atoms with van der Waals surface area (Å²) in [7, 11) is 0. The van der Waals surface area contributed by atoms with Crippen LogP contribution in [-0.2, 0) is 0 Å². The van der Waals surface area contributed by atoms with E-state index < -0.39 is 0 Å². The Hall–Kier alpha value is -0.580. The molecule has 1 atom stereocenters. The average molecular weight is 260 g/mol. The molecule has 0 fully saturated rings. The molecule has 0 unspecified atom stereocenters. The van der Waals surface area contributed by atoms with Crippen molar-refractivity contribution in [2.45, 2.75) is 13.0 Å². The van der Waals surface area contributed by atoms with Gasteiger partial charge in [0, 0.05) is 16.1 Å². The van der Waals surface area contributed by atoms with Gasteiger partial charge in [0.05, 0.1) is 6.61 Å². The Labute approximate surface area is 92.0 Å². The first-order valence-corrected chi connectivity index (χ1v) is 5.23. The lowest BCUT2D eigenvalue weighted by Gasteiger charge is -2.13. The fourth-order valence-corrected chi connectivity index (χ4v) is 1.51. The van der Waals surface area contributed by atoms with Crippen molar-refractivity contribution >= 4 is 15.9 Å². The van der Waals surface area contributed by atoms with Crippen LogP contribution in [0, 0.1) is 0 Å². The lowest BCUT2D eigenvalue weighted by Crippen LogP contribution is -2.09. The van der Waals surface area contributed by atoms with Gasteiger partial charge >= 0.3 is 0 Å². The van der Waals surface area contributed by atoms with E-state index in [-0.39, 0.29) is 19.3 Å². The Morgan fingerprint density at radius 1 is 1.57 bits per heavy atom. The minimum Gasteiger partial charge on any atom is -0.491 e. The van der Waals surface area contributed by atoms with Gasteiger partial charge in [-0.25, -0.2) is 0 Å². The number of aliphatic hydroxyl groups excluding tert-OH is 1. The highest BCUT2D eigenvalue weighted by atomic mass is 79.9. The average Bonchev–Trinajstić information content (AvgIpc) is 2.14. The van der Waals surface area contributed by atoms with Crippen LogP contribution in [0.5, 0.6) is 5.75 Å². The summed E-state index contributed by atoms with van der Waals surface area (Å²) in [5, 5.41) is 8.66. The summed E-state index contributed by atoms with van der Waals surface area (Å²) in [6, 6.07) is 5.62. The molecule has 0 amide bonds. The van der Waals surface area contributed by atoms with Crippen LogP contribution >= 0.6 is 15.9 Å². The van der Waals surface area contributed by atoms with Crippen LogP contribution in [0.2, 0.25) is 0 Å². The standard InChI is InChI=1S/C10H14BrNO2/c1-7(12)9-3-2-8(11)6-10(9)14-5-4-13/h2-3,6-7,13H,4-5,12H2,1H3/t7-/m0/s1. The van der Waals surface area contributed by atoms with Crippen molar-refractivity contribution in [3.8, 4) is 5.75 Å². The number of halogens is 1. The number of ether oxygens (including phenoxy) is 1. The summed E-state index contributed by atoms with van der Waals surface area (Å²) < 4.78 is 6.31. The van der Waals surface area contributed by atoms with Crippen LogP contribution in [0.1, 0.15) is 18.5 Å². The minimum absolute atomic E-state index is 0.00487.